The van der Waals surface area contributed by atoms with Crippen molar-refractivity contribution in [2.24, 2.45) is 0 Å². The lowest BCUT2D eigenvalue weighted by molar-refractivity contribution is 0.866. The second-order valence-corrected chi connectivity index (χ2v) is 2.16. The quantitative estimate of drug-likeness (QED) is 0.671. The van der Waals surface area contributed by atoms with Gasteiger partial charge in [-0.3, -0.25) is 0 Å². The monoisotopic (exact) mass is 137 g/mol. The van der Waals surface area contributed by atoms with E-state index in [-0.39, 0.29) is 0 Å². The molecule has 0 aliphatic rings. The molecule has 0 bridgehead atoms. The summed E-state index contributed by atoms with van der Waals surface area (Å²) in [5, 5.41) is 0. The molecule has 55 valence electrons. The fraction of sp³-hybridized carbons (Fsp3) is 0.500. The minimum Gasteiger partial charge on any atom is -0.370 e. The third kappa shape index (κ3) is 1.32. The molecular formula is C8H13N2. The van der Waals surface area contributed by atoms with Gasteiger partial charge >= 0.3 is 0 Å². The van der Waals surface area contributed by atoms with Gasteiger partial charge in [-0.1, -0.05) is 0 Å². The minimum atomic E-state index is 1.05. The summed E-state index contributed by atoms with van der Waals surface area (Å²) in [6.45, 7) is 6.38. The van der Waals surface area contributed by atoms with Crippen molar-refractivity contribution >= 4 is 5.69 Å². The van der Waals surface area contributed by atoms with Crippen LogP contribution < -0.4 is 4.90 Å². The summed E-state index contributed by atoms with van der Waals surface area (Å²) in [5.41, 5.74) is 1.16. The van der Waals surface area contributed by atoms with Crippen molar-refractivity contribution in [3.63, 3.8) is 0 Å². The summed E-state index contributed by atoms with van der Waals surface area (Å²) >= 11 is 0. The number of aromatic amines is 1. The Kier molecular flexibility index (Phi) is 2.37. The van der Waals surface area contributed by atoms with Gasteiger partial charge in [0.15, 0.2) is 0 Å². The Morgan fingerprint density at radius 3 is 2.60 bits per heavy atom. The first-order valence-corrected chi connectivity index (χ1v) is 3.68. The average molecular weight is 137 g/mol. The highest BCUT2D eigenvalue weighted by Crippen LogP contribution is 2.09. The standard InChI is InChI=1S/C8H13N2/c1-3-10(4-2)8-5-6-9-7-8/h5-6,9H,3-4H2,1-2H3. The van der Waals surface area contributed by atoms with E-state index in [0.29, 0.717) is 0 Å². The molecule has 0 aliphatic heterocycles. The fourth-order valence-electron chi connectivity index (χ4n) is 1.03. The molecule has 0 unspecified atom stereocenters. The summed E-state index contributed by atoms with van der Waals surface area (Å²) in [6, 6.07) is 2.03. The third-order valence-corrected chi connectivity index (χ3v) is 1.63. The molecule has 1 radical (unpaired) electrons. The zero-order chi connectivity index (χ0) is 7.40. The van der Waals surface area contributed by atoms with Gasteiger partial charge in [-0.15, -0.1) is 0 Å². The van der Waals surface area contributed by atoms with Crippen molar-refractivity contribution in [3.8, 4) is 0 Å². The molecule has 0 aromatic carbocycles. The van der Waals surface area contributed by atoms with Crippen LogP contribution in [0, 0.1) is 6.20 Å². The Hall–Kier alpha value is -0.920. The van der Waals surface area contributed by atoms with Gasteiger partial charge in [-0.05, 0) is 19.9 Å². The van der Waals surface area contributed by atoms with Crippen molar-refractivity contribution in [1.29, 1.82) is 0 Å². The van der Waals surface area contributed by atoms with Gasteiger partial charge in [0.05, 0.1) is 11.9 Å². The number of nitrogens with one attached hydrogen (secondary N) is 1. The van der Waals surface area contributed by atoms with Gasteiger partial charge < -0.3 is 9.88 Å². The number of aromatic nitrogens is 1. The molecule has 10 heavy (non-hydrogen) atoms. The number of anilines is 1. The van der Waals surface area contributed by atoms with Crippen LogP contribution in [0.3, 0.4) is 0 Å². The van der Waals surface area contributed by atoms with Crippen LogP contribution in [-0.2, 0) is 0 Å². The summed E-state index contributed by atoms with van der Waals surface area (Å²) in [6.07, 6.45) is 4.94. The van der Waals surface area contributed by atoms with Gasteiger partial charge in [0.1, 0.15) is 0 Å². The maximum Gasteiger partial charge on any atom is 0.0878 e. The molecule has 0 fully saturated rings. The van der Waals surface area contributed by atoms with Crippen molar-refractivity contribution in [2.75, 3.05) is 18.0 Å². The van der Waals surface area contributed by atoms with E-state index in [2.05, 4.69) is 29.9 Å². The highest BCUT2D eigenvalue weighted by molar-refractivity contribution is 5.42. The van der Waals surface area contributed by atoms with Gasteiger partial charge in [0, 0.05) is 19.3 Å². The number of rotatable bonds is 3. The summed E-state index contributed by atoms with van der Waals surface area (Å²) in [5.74, 6) is 0. The molecular weight excluding hydrogens is 124 g/mol. The molecule has 0 saturated heterocycles. The lowest BCUT2D eigenvalue weighted by Crippen LogP contribution is -2.21. The van der Waals surface area contributed by atoms with Gasteiger partial charge in [-0.25, -0.2) is 0 Å². The molecule has 1 rings (SSSR count). The van der Waals surface area contributed by atoms with Crippen LogP contribution in [0.15, 0.2) is 12.3 Å². The van der Waals surface area contributed by atoms with Crippen molar-refractivity contribution in [1.82, 2.24) is 4.98 Å². The summed E-state index contributed by atoms with van der Waals surface area (Å²) in [7, 11) is 0. The van der Waals surface area contributed by atoms with Crippen LogP contribution in [0.4, 0.5) is 5.69 Å². The third-order valence-electron chi connectivity index (χ3n) is 1.63. The summed E-state index contributed by atoms with van der Waals surface area (Å²) in [4.78, 5) is 5.16. The fourth-order valence-corrected chi connectivity index (χ4v) is 1.03. The molecule has 0 amide bonds. The van der Waals surface area contributed by atoms with Crippen LogP contribution in [0.2, 0.25) is 0 Å². The van der Waals surface area contributed by atoms with E-state index >= 15 is 0 Å². The first-order valence-electron chi connectivity index (χ1n) is 3.68. The topological polar surface area (TPSA) is 19.0 Å². The molecule has 1 N–H and O–H groups in total. The van der Waals surface area contributed by atoms with Crippen molar-refractivity contribution in [3.05, 3.63) is 18.5 Å². The first-order chi connectivity index (χ1) is 4.88. The van der Waals surface area contributed by atoms with E-state index in [1.54, 1.807) is 0 Å². The number of nitrogens with zero attached hydrogens (tertiary/aromatic N) is 1. The SMILES string of the molecule is CCN(CC)c1[c][nH]cc1. The summed E-state index contributed by atoms with van der Waals surface area (Å²) < 4.78 is 0. The number of hydrogen-bond acceptors (Lipinski definition) is 1. The van der Waals surface area contributed by atoms with Crippen LogP contribution in [0.5, 0.6) is 0 Å². The molecule has 1 heterocycles. The second kappa shape index (κ2) is 3.30. The highest BCUT2D eigenvalue weighted by atomic mass is 15.1. The molecule has 2 nitrogen and oxygen atoms in total. The maximum absolute atomic E-state index is 3.04. The molecule has 1 aromatic rings. The molecule has 0 aliphatic carbocycles. The molecule has 1 aromatic heterocycles. The van der Waals surface area contributed by atoms with Crippen LogP contribution in [-0.4, -0.2) is 18.1 Å². The van der Waals surface area contributed by atoms with Crippen LogP contribution in [0.1, 0.15) is 13.8 Å². The van der Waals surface area contributed by atoms with Crippen molar-refractivity contribution in [2.45, 2.75) is 13.8 Å². The molecule has 0 spiro atoms. The zero-order valence-corrected chi connectivity index (χ0v) is 6.52. The predicted octanol–water partition coefficient (Wildman–Crippen LogP) is 1.66. The predicted molar refractivity (Wildman–Crippen MR) is 43.2 cm³/mol. The number of hydrogen-bond donors (Lipinski definition) is 1. The first kappa shape index (κ1) is 7.19. The second-order valence-electron chi connectivity index (χ2n) is 2.16. The van der Waals surface area contributed by atoms with Gasteiger partial charge in [0.2, 0.25) is 0 Å². The van der Waals surface area contributed by atoms with E-state index in [9.17, 15) is 0 Å². The minimum absolute atomic E-state index is 1.05. The van der Waals surface area contributed by atoms with Crippen molar-refractivity contribution < 1.29 is 0 Å². The number of H-pyrrole nitrogens is 1. The Morgan fingerprint density at radius 2 is 2.20 bits per heavy atom. The average Bonchev–Trinajstić information content (AvgIpc) is 2.43. The van der Waals surface area contributed by atoms with Crippen LogP contribution in [0.25, 0.3) is 0 Å². The lowest BCUT2D eigenvalue weighted by atomic mass is 10.4. The lowest BCUT2D eigenvalue weighted by Gasteiger charge is -2.17. The van der Waals surface area contributed by atoms with E-state index in [0.717, 1.165) is 18.8 Å². The maximum atomic E-state index is 3.04. The molecule has 2 heteroatoms. The largest absolute Gasteiger partial charge is 0.370 e. The normalized spacial score (nSPS) is 9.80. The van der Waals surface area contributed by atoms with E-state index < -0.39 is 0 Å². The Bertz CT molecular complexity index is 163. The van der Waals surface area contributed by atoms with Crippen LogP contribution >= 0.6 is 0 Å². The zero-order valence-electron chi connectivity index (χ0n) is 6.52. The highest BCUT2D eigenvalue weighted by Gasteiger charge is 1.99. The van der Waals surface area contributed by atoms with E-state index in [1.807, 2.05) is 12.3 Å². The Morgan fingerprint density at radius 1 is 1.50 bits per heavy atom. The Labute approximate surface area is 61.9 Å². The van der Waals surface area contributed by atoms with E-state index in [1.165, 1.54) is 0 Å². The molecule has 0 atom stereocenters. The van der Waals surface area contributed by atoms with Gasteiger partial charge in [0.25, 0.3) is 0 Å². The van der Waals surface area contributed by atoms with Gasteiger partial charge in [-0.2, -0.15) is 0 Å². The van der Waals surface area contributed by atoms with E-state index in [4.69, 9.17) is 0 Å². The smallest absolute Gasteiger partial charge is 0.0878 e. The molecule has 0 saturated carbocycles. The Balaban J connectivity index is 2.64.